The van der Waals surface area contributed by atoms with Gasteiger partial charge in [0.05, 0.1) is 23.4 Å². The normalized spacial score (nSPS) is 11.2. The Morgan fingerprint density at radius 2 is 1.77 bits per heavy atom. The average molecular weight is 488 g/mol. The van der Waals surface area contributed by atoms with Gasteiger partial charge >= 0.3 is 0 Å². The van der Waals surface area contributed by atoms with Gasteiger partial charge in [0.25, 0.3) is 5.56 Å². The lowest BCUT2D eigenvalue weighted by molar-refractivity contribution is -0.115. The number of amides is 1. The smallest absolute Gasteiger partial charge is 0.268 e. The van der Waals surface area contributed by atoms with Gasteiger partial charge in [-0.3, -0.25) is 14.0 Å². The van der Waals surface area contributed by atoms with E-state index in [1.165, 1.54) is 40.0 Å². The molecule has 0 radical (unpaired) electrons. The van der Waals surface area contributed by atoms with Crippen LogP contribution < -0.4 is 10.9 Å². The van der Waals surface area contributed by atoms with Crippen molar-refractivity contribution >= 4 is 27.9 Å². The Bertz CT molecular complexity index is 1620. The zero-order chi connectivity index (χ0) is 24.7. The molecule has 0 aliphatic heterocycles. The Morgan fingerprint density at radius 1 is 1.06 bits per heavy atom. The molecule has 5 rings (SSSR count). The molecule has 0 fully saturated rings. The second-order valence-corrected chi connectivity index (χ2v) is 9.21. The highest BCUT2D eigenvalue weighted by Gasteiger charge is 2.20. The monoisotopic (exact) mass is 487 g/mol. The first-order valence-electron chi connectivity index (χ1n) is 11.0. The molecule has 9 heteroatoms. The SMILES string of the molecule is Cc1ccc(-n2nc(-c3c(C)nc4scc(CC(=O)Nc5ccc(F)cc5)n4c3=O)cc2C)cc1. The van der Waals surface area contributed by atoms with E-state index >= 15 is 0 Å². The van der Waals surface area contributed by atoms with Crippen LogP contribution >= 0.6 is 11.3 Å². The standard InChI is InChI=1S/C26H22FN5O2S/c1-15-4-10-20(11-5-15)32-16(2)12-22(30-32)24-17(3)28-26-31(25(24)34)21(14-35-26)13-23(33)29-19-8-6-18(27)7-9-19/h4-12,14H,13H2,1-3H3,(H,29,33). The number of hydrogen-bond donors (Lipinski definition) is 1. The minimum Gasteiger partial charge on any atom is -0.326 e. The van der Waals surface area contributed by atoms with Crippen LogP contribution in [0.5, 0.6) is 0 Å². The summed E-state index contributed by atoms with van der Waals surface area (Å²) < 4.78 is 16.4. The maximum atomic E-state index is 13.6. The molecule has 176 valence electrons. The van der Waals surface area contributed by atoms with E-state index in [1.54, 1.807) is 17.0 Å². The first kappa shape index (κ1) is 22.7. The Kier molecular flexibility index (Phi) is 5.78. The summed E-state index contributed by atoms with van der Waals surface area (Å²) in [7, 11) is 0. The van der Waals surface area contributed by atoms with E-state index in [0.29, 0.717) is 33.3 Å². The van der Waals surface area contributed by atoms with Crippen molar-refractivity contribution in [3.63, 3.8) is 0 Å². The van der Waals surface area contributed by atoms with Crippen molar-refractivity contribution < 1.29 is 9.18 Å². The largest absolute Gasteiger partial charge is 0.326 e. The van der Waals surface area contributed by atoms with E-state index in [1.807, 2.05) is 44.2 Å². The summed E-state index contributed by atoms with van der Waals surface area (Å²) in [6.07, 6.45) is -0.0295. The third-order valence-corrected chi connectivity index (χ3v) is 6.59. The first-order chi connectivity index (χ1) is 16.8. The number of fused-ring (bicyclic) bond motifs is 1. The molecule has 7 nitrogen and oxygen atoms in total. The van der Waals surface area contributed by atoms with Crippen LogP contribution in [-0.4, -0.2) is 25.1 Å². The minimum absolute atomic E-state index is 0.0295. The average Bonchev–Trinajstić information content (AvgIpc) is 3.39. The maximum absolute atomic E-state index is 13.6. The van der Waals surface area contributed by atoms with Crippen LogP contribution in [0.15, 0.2) is 64.8 Å². The molecule has 35 heavy (non-hydrogen) atoms. The molecule has 3 aromatic heterocycles. The van der Waals surface area contributed by atoms with Crippen molar-refractivity contribution in [2.75, 3.05) is 5.32 Å². The predicted molar refractivity (Wildman–Crippen MR) is 135 cm³/mol. The van der Waals surface area contributed by atoms with E-state index in [-0.39, 0.29) is 23.7 Å². The summed E-state index contributed by atoms with van der Waals surface area (Å²) in [6.45, 7) is 5.75. The number of carbonyl (C=O) groups is 1. The van der Waals surface area contributed by atoms with Crippen molar-refractivity contribution in [3.05, 3.63) is 98.8 Å². The first-order valence-corrected chi connectivity index (χ1v) is 11.9. The number of thiazole rings is 1. The number of anilines is 1. The van der Waals surface area contributed by atoms with Gasteiger partial charge in [-0.15, -0.1) is 11.3 Å². The van der Waals surface area contributed by atoms with E-state index in [0.717, 1.165) is 16.9 Å². The van der Waals surface area contributed by atoms with E-state index in [9.17, 15) is 14.0 Å². The highest BCUT2D eigenvalue weighted by Crippen LogP contribution is 2.24. The molecule has 1 N–H and O–H groups in total. The number of carbonyl (C=O) groups excluding carboxylic acids is 1. The molecule has 0 saturated carbocycles. The predicted octanol–water partition coefficient (Wildman–Crippen LogP) is 4.85. The summed E-state index contributed by atoms with van der Waals surface area (Å²) in [5, 5.41) is 9.19. The van der Waals surface area contributed by atoms with Crippen LogP contribution in [0.2, 0.25) is 0 Å². The molecular formula is C26H22FN5O2S. The van der Waals surface area contributed by atoms with E-state index in [4.69, 9.17) is 5.10 Å². The summed E-state index contributed by atoms with van der Waals surface area (Å²) in [5.74, 6) is -0.697. The second kappa shape index (κ2) is 8.92. The molecule has 0 unspecified atom stereocenters. The topological polar surface area (TPSA) is 81.3 Å². The molecule has 3 heterocycles. The van der Waals surface area contributed by atoms with E-state index < -0.39 is 0 Å². The Balaban J connectivity index is 1.51. The minimum atomic E-state index is -0.382. The van der Waals surface area contributed by atoms with Crippen LogP contribution in [0.25, 0.3) is 21.9 Å². The molecule has 0 spiro atoms. The lowest BCUT2D eigenvalue weighted by Gasteiger charge is -2.07. The Morgan fingerprint density at radius 3 is 2.49 bits per heavy atom. The highest BCUT2D eigenvalue weighted by molar-refractivity contribution is 7.15. The zero-order valence-electron chi connectivity index (χ0n) is 19.4. The van der Waals surface area contributed by atoms with Gasteiger partial charge < -0.3 is 5.32 Å². The molecule has 0 aliphatic rings. The van der Waals surface area contributed by atoms with Crippen molar-refractivity contribution in [3.8, 4) is 16.9 Å². The van der Waals surface area contributed by atoms with Gasteiger partial charge in [0.1, 0.15) is 11.5 Å². The highest BCUT2D eigenvalue weighted by atomic mass is 32.1. The summed E-state index contributed by atoms with van der Waals surface area (Å²) in [5.41, 5.74) is 5.18. The second-order valence-electron chi connectivity index (χ2n) is 8.37. The van der Waals surface area contributed by atoms with Gasteiger partial charge in [-0.1, -0.05) is 17.7 Å². The van der Waals surface area contributed by atoms with Crippen LogP contribution in [0.1, 0.15) is 22.6 Å². The molecule has 0 aliphatic carbocycles. The van der Waals surface area contributed by atoms with Gasteiger partial charge in [-0.05, 0) is 63.2 Å². The third kappa shape index (κ3) is 4.38. The van der Waals surface area contributed by atoms with Crippen LogP contribution in [0, 0.1) is 26.6 Å². The van der Waals surface area contributed by atoms with Gasteiger partial charge in [-0.25, -0.2) is 14.1 Å². The van der Waals surface area contributed by atoms with Crippen molar-refractivity contribution in [2.45, 2.75) is 27.2 Å². The number of halogens is 1. The van der Waals surface area contributed by atoms with Gasteiger partial charge in [-0.2, -0.15) is 5.10 Å². The number of aryl methyl sites for hydroxylation is 3. The number of benzene rings is 2. The van der Waals surface area contributed by atoms with Gasteiger partial charge in [0.15, 0.2) is 4.96 Å². The molecule has 0 atom stereocenters. The van der Waals surface area contributed by atoms with Crippen LogP contribution in [0.4, 0.5) is 10.1 Å². The number of hydrogen-bond acceptors (Lipinski definition) is 5. The zero-order valence-corrected chi connectivity index (χ0v) is 20.2. The van der Waals surface area contributed by atoms with Crippen molar-refractivity contribution in [1.82, 2.24) is 19.2 Å². The van der Waals surface area contributed by atoms with Gasteiger partial charge in [0.2, 0.25) is 5.91 Å². The molecule has 2 aromatic carbocycles. The molecule has 5 aromatic rings. The summed E-state index contributed by atoms with van der Waals surface area (Å²) in [4.78, 5) is 31.4. The van der Waals surface area contributed by atoms with Crippen molar-refractivity contribution in [2.24, 2.45) is 0 Å². The Labute approximate surface area is 204 Å². The maximum Gasteiger partial charge on any atom is 0.268 e. The van der Waals surface area contributed by atoms with Crippen molar-refractivity contribution in [1.29, 1.82) is 0 Å². The number of nitrogens with one attached hydrogen (secondary N) is 1. The Hall–Kier alpha value is -4.11. The quantitative estimate of drug-likeness (QED) is 0.384. The fourth-order valence-corrected chi connectivity index (χ4v) is 4.90. The number of rotatable bonds is 5. The molecule has 0 bridgehead atoms. The lowest BCUT2D eigenvalue weighted by Crippen LogP contribution is -2.22. The summed E-state index contributed by atoms with van der Waals surface area (Å²) >= 11 is 1.30. The number of nitrogens with zero attached hydrogens (tertiary/aromatic N) is 4. The third-order valence-electron chi connectivity index (χ3n) is 5.71. The lowest BCUT2D eigenvalue weighted by atomic mass is 10.1. The molecule has 1 amide bonds. The summed E-state index contributed by atoms with van der Waals surface area (Å²) in [6, 6.07) is 15.4. The molecule has 0 saturated heterocycles. The van der Waals surface area contributed by atoms with Gasteiger partial charge in [0, 0.05) is 22.5 Å². The number of aromatic nitrogens is 4. The fourth-order valence-electron chi connectivity index (χ4n) is 3.97. The molecular weight excluding hydrogens is 465 g/mol. The fraction of sp³-hybridized carbons (Fsp3) is 0.154. The van der Waals surface area contributed by atoms with Crippen LogP contribution in [-0.2, 0) is 11.2 Å². The van der Waals surface area contributed by atoms with Crippen LogP contribution in [0.3, 0.4) is 0 Å². The van der Waals surface area contributed by atoms with E-state index in [2.05, 4.69) is 10.3 Å².